The van der Waals surface area contributed by atoms with Crippen LogP contribution in [0.5, 0.6) is 0 Å². The summed E-state index contributed by atoms with van der Waals surface area (Å²) in [7, 11) is -3.20. The van der Waals surface area contributed by atoms with Crippen LogP contribution in [0.3, 0.4) is 0 Å². The van der Waals surface area contributed by atoms with Crippen molar-refractivity contribution in [2.45, 2.75) is 32.1 Å². The molecule has 0 radical (unpaired) electrons. The highest BCUT2D eigenvalue weighted by molar-refractivity contribution is 7.91. The molecule has 1 saturated heterocycles. The van der Waals surface area contributed by atoms with E-state index in [2.05, 4.69) is 0 Å². The monoisotopic (exact) mass is 366 g/mol. The number of carbonyl (C=O) groups is 1. The molecule has 24 heavy (non-hydrogen) atoms. The molecule has 1 fully saturated rings. The molecular weight excluding hydrogens is 349 g/mol. The maximum absolute atomic E-state index is 12.7. The van der Waals surface area contributed by atoms with E-state index in [1.54, 1.807) is 6.92 Å². The minimum Gasteiger partial charge on any atom is -0.337 e. The highest BCUT2D eigenvalue weighted by Gasteiger charge is 2.36. The van der Waals surface area contributed by atoms with Gasteiger partial charge in [-0.1, -0.05) is 0 Å². The van der Waals surface area contributed by atoms with Crippen molar-refractivity contribution in [3.63, 3.8) is 0 Å². The van der Waals surface area contributed by atoms with Gasteiger partial charge in [-0.3, -0.25) is 9.59 Å². The van der Waals surface area contributed by atoms with Gasteiger partial charge in [0.2, 0.25) is 5.91 Å². The molecule has 0 aromatic carbocycles. The minimum absolute atomic E-state index is 0.0229. The fourth-order valence-corrected chi connectivity index (χ4v) is 4.50. The molecule has 2 heterocycles. The van der Waals surface area contributed by atoms with Crippen molar-refractivity contribution in [2.75, 3.05) is 18.1 Å². The van der Waals surface area contributed by atoms with Gasteiger partial charge in [-0.25, -0.2) is 8.42 Å². The fraction of sp³-hybridized carbons (Fsp3) is 0.571. The summed E-state index contributed by atoms with van der Waals surface area (Å²) in [6.45, 7) is 1.30. The van der Waals surface area contributed by atoms with Gasteiger partial charge in [-0.15, -0.1) is 0 Å². The van der Waals surface area contributed by atoms with Crippen LogP contribution >= 0.6 is 0 Å². The average molecular weight is 366 g/mol. The van der Waals surface area contributed by atoms with Gasteiger partial charge in [-0.05, 0) is 25.5 Å². The second-order valence-electron chi connectivity index (χ2n) is 5.59. The lowest BCUT2D eigenvalue weighted by Crippen LogP contribution is -2.44. The Bertz CT molecular complexity index is 786. The normalized spacial score (nSPS) is 20.1. The lowest BCUT2D eigenvalue weighted by Gasteiger charge is -2.27. The average Bonchev–Trinajstić information content (AvgIpc) is 2.80. The number of sulfone groups is 1. The van der Waals surface area contributed by atoms with Gasteiger partial charge in [-0.2, -0.15) is 13.2 Å². The van der Waals surface area contributed by atoms with Gasteiger partial charge in [0.1, 0.15) is 12.1 Å². The Morgan fingerprint density at radius 2 is 2.08 bits per heavy atom. The van der Waals surface area contributed by atoms with Crippen molar-refractivity contribution in [1.82, 2.24) is 9.47 Å². The lowest BCUT2D eigenvalue weighted by molar-refractivity contribution is -0.140. The molecule has 2 rings (SSSR count). The summed E-state index contributed by atoms with van der Waals surface area (Å²) in [6, 6.07) is 1.20. The molecule has 1 aliphatic heterocycles. The van der Waals surface area contributed by atoms with Crippen LogP contribution in [0.1, 0.15) is 18.9 Å². The minimum atomic E-state index is -4.80. The molecule has 1 atom stereocenters. The number of alkyl halides is 3. The maximum atomic E-state index is 12.7. The fourth-order valence-electron chi connectivity index (χ4n) is 2.77. The van der Waals surface area contributed by atoms with Crippen LogP contribution in [0.4, 0.5) is 13.2 Å². The van der Waals surface area contributed by atoms with E-state index in [0.29, 0.717) is 17.1 Å². The standard InChI is InChI=1S/C14H17F3N2O4S/c1-2-19(10-5-7-24(22,23)9-10)12(20)8-18-6-3-4-11(13(18)21)14(15,16)17/h3-4,6,10H,2,5,7-9H2,1H3. The SMILES string of the molecule is CCN(C(=O)Cn1cccc(C(F)(F)F)c1=O)C1CCS(=O)(=O)C1. The number of hydrogen-bond acceptors (Lipinski definition) is 4. The van der Waals surface area contributed by atoms with Crippen LogP contribution in [-0.2, 0) is 27.4 Å². The van der Waals surface area contributed by atoms with E-state index in [4.69, 9.17) is 0 Å². The van der Waals surface area contributed by atoms with E-state index in [9.17, 15) is 31.2 Å². The number of likely N-dealkylation sites (N-methyl/N-ethyl adjacent to an activating group) is 1. The summed E-state index contributed by atoms with van der Waals surface area (Å²) in [5, 5.41) is 0. The number of aromatic nitrogens is 1. The van der Waals surface area contributed by atoms with Crippen LogP contribution in [0.25, 0.3) is 0 Å². The zero-order valence-electron chi connectivity index (χ0n) is 12.9. The molecular formula is C14H17F3N2O4S. The second kappa shape index (κ2) is 6.58. The van der Waals surface area contributed by atoms with Crippen molar-refractivity contribution in [3.05, 3.63) is 34.2 Å². The van der Waals surface area contributed by atoms with Crippen LogP contribution in [0.2, 0.25) is 0 Å². The summed E-state index contributed by atoms with van der Waals surface area (Å²) in [6.07, 6.45) is -3.40. The molecule has 10 heteroatoms. The van der Waals surface area contributed by atoms with Gasteiger partial charge in [0, 0.05) is 18.8 Å². The first kappa shape index (κ1) is 18.5. The predicted octanol–water partition coefficient (Wildman–Crippen LogP) is 0.903. The van der Waals surface area contributed by atoms with E-state index in [1.807, 2.05) is 0 Å². The van der Waals surface area contributed by atoms with Gasteiger partial charge in [0.25, 0.3) is 5.56 Å². The van der Waals surface area contributed by atoms with E-state index in [0.717, 1.165) is 12.3 Å². The van der Waals surface area contributed by atoms with Crippen molar-refractivity contribution >= 4 is 15.7 Å². The third-order valence-electron chi connectivity index (χ3n) is 3.94. The largest absolute Gasteiger partial charge is 0.421 e. The van der Waals surface area contributed by atoms with Crippen LogP contribution < -0.4 is 5.56 Å². The van der Waals surface area contributed by atoms with E-state index in [-0.39, 0.29) is 18.1 Å². The summed E-state index contributed by atoms with van der Waals surface area (Å²) in [5.41, 5.74) is -2.64. The number of hydrogen-bond donors (Lipinski definition) is 0. The molecule has 0 spiro atoms. The van der Waals surface area contributed by atoms with Crippen LogP contribution in [-0.4, -0.2) is 47.9 Å². The van der Waals surface area contributed by atoms with Gasteiger partial charge in [0.05, 0.1) is 11.5 Å². The molecule has 0 saturated carbocycles. The first-order chi connectivity index (χ1) is 11.0. The molecule has 1 aliphatic rings. The third-order valence-corrected chi connectivity index (χ3v) is 5.69. The highest BCUT2D eigenvalue weighted by atomic mass is 32.2. The maximum Gasteiger partial charge on any atom is 0.421 e. The number of halogens is 3. The lowest BCUT2D eigenvalue weighted by atomic mass is 10.2. The first-order valence-corrected chi connectivity index (χ1v) is 9.14. The van der Waals surface area contributed by atoms with Crippen molar-refractivity contribution in [2.24, 2.45) is 0 Å². The van der Waals surface area contributed by atoms with Gasteiger partial charge >= 0.3 is 6.18 Å². The van der Waals surface area contributed by atoms with E-state index >= 15 is 0 Å². The van der Waals surface area contributed by atoms with Gasteiger partial charge < -0.3 is 9.47 Å². The van der Waals surface area contributed by atoms with Crippen LogP contribution in [0, 0.1) is 0 Å². The number of rotatable bonds is 4. The van der Waals surface area contributed by atoms with E-state index in [1.165, 1.54) is 4.90 Å². The molecule has 1 unspecified atom stereocenters. The predicted molar refractivity (Wildman–Crippen MR) is 80.1 cm³/mol. The summed E-state index contributed by atoms with van der Waals surface area (Å²) >= 11 is 0. The zero-order chi connectivity index (χ0) is 18.1. The Kier molecular flexibility index (Phi) is 5.07. The second-order valence-corrected chi connectivity index (χ2v) is 7.82. The molecule has 134 valence electrons. The molecule has 0 aliphatic carbocycles. The quantitative estimate of drug-likeness (QED) is 0.794. The first-order valence-electron chi connectivity index (χ1n) is 7.31. The number of amides is 1. The Morgan fingerprint density at radius 3 is 2.58 bits per heavy atom. The van der Waals surface area contributed by atoms with Crippen molar-refractivity contribution in [3.8, 4) is 0 Å². The Labute approximate surface area is 136 Å². The smallest absolute Gasteiger partial charge is 0.337 e. The van der Waals surface area contributed by atoms with E-state index < -0.39 is 45.6 Å². The summed E-state index contributed by atoms with van der Waals surface area (Å²) in [5.74, 6) is -0.768. The molecule has 1 aromatic heterocycles. The van der Waals surface area contributed by atoms with Crippen LogP contribution in [0.15, 0.2) is 23.1 Å². The Hall–Kier alpha value is -1.84. The highest BCUT2D eigenvalue weighted by Crippen LogP contribution is 2.26. The molecule has 0 bridgehead atoms. The number of carbonyl (C=O) groups excluding carboxylic acids is 1. The molecule has 6 nitrogen and oxygen atoms in total. The Morgan fingerprint density at radius 1 is 1.42 bits per heavy atom. The topological polar surface area (TPSA) is 76.5 Å². The molecule has 1 aromatic rings. The summed E-state index contributed by atoms with van der Waals surface area (Å²) in [4.78, 5) is 25.5. The van der Waals surface area contributed by atoms with Crippen molar-refractivity contribution < 1.29 is 26.4 Å². The van der Waals surface area contributed by atoms with Gasteiger partial charge in [0.15, 0.2) is 9.84 Å². The number of nitrogens with zero attached hydrogens (tertiary/aromatic N) is 2. The zero-order valence-corrected chi connectivity index (χ0v) is 13.7. The molecule has 0 N–H and O–H groups in total. The summed E-state index contributed by atoms with van der Waals surface area (Å²) < 4.78 is 62.0. The molecule has 1 amide bonds. The van der Waals surface area contributed by atoms with Crippen molar-refractivity contribution in [1.29, 1.82) is 0 Å². The Balaban J connectivity index is 2.21. The number of pyridine rings is 1. The third kappa shape index (κ3) is 3.97.